The molecule has 0 bridgehead atoms. The highest BCUT2D eigenvalue weighted by molar-refractivity contribution is 5.90. The van der Waals surface area contributed by atoms with E-state index < -0.39 is 10.9 Å². The van der Waals surface area contributed by atoms with Crippen LogP contribution in [-0.2, 0) is 13.6 Å². The third kappa shape index (κ3) is 3.16. The molecule has 0 atom stereocenters. The second kappa shape index (κ2) is 5.61. The lowest BCUT2D eigenvalue weighted by atomic mass is 10.1. The summed E-state index contributed by atoms with van der Waals surface area (Å²) in [5.41, 5.74) is 0.999. The van der Waals surface area contributed by atoms with Gasteiger partial charge >= 0.3 is 5.97 Å². The predicted molar refractivity (Wildman–Crippen MR) is 75.4 cm³/mol. The fourth-order valence-electron chi connectivity index (χ4n) is 2.03. The van der Waals surface area contributed by atoms with Crippen molar-refractivity contribution in [3.05, 3.63) is 51.8 Å². The molecule has 0 radical (unpaired) electrons. The molecular weight excluding hydrogens is 276 g/mol. The maximum Gasteiger partial charge on any atom is 0.335 e. The summed E-state index contributed by atoms with van der Waals surface area (Å²) in [5.74, 6) is -1.12. The summed E-state index contributed by atoms with van der Waals surface area (Å²) in [7, 11) is 3.44. The lowest BCUT2D eigenvalue weighted by Gasteiger charge is -2.18. The second-order valence-corrected chi connectivity index (χ2v) is 4.64. The van der Waals surface area contributed by atoms with Crippen molar-refractivity contribution in [2.75, 3.05) is 11.9 Å². The van der Waals surface area contributed by atoms with Crippen LogP contribution in [0.3, 0.4) is 0 Å². The predicted octanol–water partition coefficient (Wildman–Crippen LogP) is 1.66. The van der Waals surface area contributed by atoms with E-state index in [1.807, 2.05) is 0 Å². The van der Waals surface area contributed by atoms with Gasteiger partial charge in [-0.2, -0.15) is 5.10 Å². The van der Waals surface area contributed by atoms with Gasteiger partial charge in [-0.3, -0.25) is 14.8 Å². The van der Waals surface area contributed by atoms with Crippen LogP contribution >= 0.6 is 0 Å². The lowest BCUT2D eigenvalue weighted by Crippen LogP contribution is -2.18. The number of rotatable bonds is 5. The van der Waals surface area contributed by atoms with E-state index in [1.54, 1.807) is 36.1 Å². The standard InChI is InChI=1S/C13H14N4O4/c1-15(7-9-6-14-16(2)8-9)12-5-10(13(18)19)3-4-11(12)17(20)21/h3-6,8H,7H2,1-2H3,(H,18,19). The van der Waals surface area contributed by atoms with E-state index in [9.17, 15) is 14.9 Å². The van der Waals surface area contributed by atoms with Crippen LogP contribution in [0.15, 0.2) is 30.6 Å². The largest absolute Gasteiger partial charge is 0.478 e. The summed E-state index contributed by atoms with van der Waals surface area (Å²) in [6, 6.07) is 3.73. The summed E-state index contributed by atoms with van der Waals surface area (Å²) in [5, 5.41) is 24.1. The molecule has 0 unspecified atom stereocenters. The molecule has 1 heterocycles. The molecule has 1 aromatic carbocycles. The van der Waals surface area contributed by atoms with Gasteiger partial charge in [-0.15, -0.1) is 0 Å². The number of anilines is 1. The molecular formula is C13H14N4O4. The molecule has 0 saturated carbocycles. The number of hydrogen-bond donors (Lipinski definition) is 1. The monoisotopic (exact) mass is 290 g/mol. The highest BCUT2D eigenvalue weighted by Crippen LogP contribution is 2.29. The van der Waals surface area contributed by atoms with E-state index >= 15 is 0 Å². The first-order chi connectivity index (χ1) is 9.88. The molecule has 0 aliphatic rings. The molecule has 0 aliphatic carbocycles. The van der Waals surface area contributed by atoms with Crippen molar-refractivity contribution in [2.24, 2.45) is 7.05 Å². The number of aryl methyl sites for hydroxylation is 1. The number of aromatic carboxylic acids is 1. The van der Waals surface area contributed by atoms with Gasteiger partial charge in [0.2, 0.25) is 0 Å². The average molecular weight is 290 g/mol. The van der Waals surface area contributed by atoms with Crippen LogP contribution in [0.25, 0.3) is 0 Å². The number of benzene rings is 1. The van der Waals surface area contributed by atoms with Gasteiger partial charge in [0.15, 0.2) is 0 Å². The van der Waals surface area contributed by atoms with Crippen LogP contribution < -0.4 is 4.90 Å². The lowest BCUT2D eigenvalue weighted by molar-refractivity contribution is -0.384. The summed E-state index contributed by atoms with van der Waals surface area (Å²) < 4.78 is 1.63. The van der Waals surface area contributed by atoms with Crippen LogP contribution in [0.4, 0.5) is 11.4 Å². The van der Waals surface area contributed by atoms with Crippen molar-refractivity contribution in [1.82, 2.24) is 9.78 Å². The molecule has 8 heteroatoms. The average Bonchev–Trinajstić information content (AvgIpc) is 2.83. The van der Waals surface area contributed by atoms with E-state index in [-0.39, 0.29) is 16.9 Å². The van der Waals surface area contributed by atoms with E-state index in [0.29, 0.717) is 6.54 Å². The van der Waals surface area contributed by atoms with Crippen molar-refractivity contribution >= 4 is 17.3 Å². The minimum Gasteiger partial charge on any atom is -0.478 e. The Morgan fingerprint density at radius 3 is 2.76 bits per heavy atom. The van der Waals surface area contributed by atoms with E-state index in [0.717, 1.165) is 5.56 Å². The number of nitro benzene ring substituents is 1. The van der Waals surface area contributed by atoms with Crippen LogP contribution in [0.2, 0.25) is 0 Å². The Morgan fingerprint density at radius 2 is 2.24 bits per heavy atom. The van der Waals surface area contributed by atoms with Gasteiger partial charge in [-0.25, -0.2) is 4.79 Å². The third-order valence-corrected chi connectivity index (χ3v) is 3.01. The van der Waals surface area contributed by atoms with Crippen LogP contribution in [0.5, 0.6) is 0 Å². The summed E-state index contributed by atoms with van der Waals surface area (Å²) in [4.78, 5) is 23.2. The van der Waals surface area contributed by atoms with Gasteiger partial charge in [0.1, 0.15) is 5.69 Å². The van der Waals surface area contributed by atoms with Gasteiger partial charge in [0.05, 0.1) is 16.7 Å². The fourth-order valence-corrected chi connectivity index (χ4v) is 2.03. The minimum absolute atomic E-state index is 0.00800. The SMILES string of the molecule is CN(Cc1cnn(C)c1)c1cc(C(=O)O)ccc1[N+](=O)[O-]. The minimum atomic E-state index is -1.12. The van der Waals surface area contributed by atoms with E-state index in [4.69, 9.17) is 5.11 Å². The molecule has 110 valence electrons. The van der Waals surface area contributed by atoms with Crippen molar-refractivity contribution in [3.8, 4) is 0 Å². The molecule has 2 rings (SSSR count). The fraction of sp³-hybridized carbons (Fsp3) is 0.231. The van der Waals surface area contributed by atoms with Gasteiger partial charge in [-0.1, -0.05) is 0 Å². The quantitative estimate of drug-likeness (QED) is 0.663. The summed E-state index contributed by atoms with van der Waals surface area (Å²) in [6.07, 6.45) is 3.45. The highest BCUT2D eigenvalue weighted by atomic mass is 16.6. The van der Waals surface area contributed by atoms with Crippen molar-refractivity contribution in [1.29, 1.82) is 0 Å². The van der Waals surface area contributed by atoms with Gasteiger partial charge < -0.3 is 10.0 Å². The first kappa shape index (κ1) is 14.5. The molecule has 8 nitrogen and oxygen atoms in total. The van der Waals surface area contributed by atoms with Crippen molar-refractivity contribution in [3.63, 3.8) is 0 Å². The van der Waals surface area contributed by atoms with Gasteiger partial charge in [0.25, 0.3) is 5.69 Å². The third-order valence-electron chi connectivity index (χ3n) is 3.01. The smallest absolute Gasteiger partial charge is 0.335 e. The van der Waals surface area contributed by atoms with Crippen LogP contribution in [-0.4, -0.2) is 32.8 Å². The number of aromatic nitrogens is 2. The first-order valence-electron chi connectivity index (χ1n) is 6.09. The van der Waals surface area contributed by atoms with Gasteiger partial charge in [0, 0.05) is 38.5 Å². The molecule has 1 N–H and O–H groups in total. The maximum absolute atomic E-state index is 11.1. The van der Waals surface area contributed by atoms with Crippen molar-refractivity contribution < 1.29 is 14.8 Å². The van der Waals surface area contributed by atoms with E-state index in [2.05, 4.69) is 5.10 Å². The normalized spacial score (nSPS) is 10.4. The topological polar surface area (TPSA) is 102 Å². The number of nitrogens with zero attached hydrogens (tertiary/aromatic N) is 4. The van der Waals surface area contributed by atoms with Crippen LogP contribution in [0, 0.1) is 10.1 Å². The molecule has 0 amide bonds. The zero-order valence-electron chi connectivity index (χ0n) is 11.6. The zero-order valence-corrected chi connectivity index (χ0v) is 11.6. The Balaban J connectivity index is 2.37. The number of nitro groups is 1. The summed E-state index contributed by atoms with van der Waals surface area (Å²) >= 11 is 0. The molecule has 0 aliphatic heterocycles. The van der Waals surface area contributed by atoms with Gasteiger partial charge in [-0.05, 0) is 12.1 Å². The molecule has 0 fully saturated rings. The van der Waals surface area contributed by atoms with E-state index in [1.165, 1.54) is 18.2 Å². The molecule has 0 spiro atoms. The Labute approximate surface area is 120 Å². The first-order valence-corrected chi connectivity index (χ1v) is 6.09. The highest BCUT2D eigenvalue weighted by Gasteiger charge is 2.20. The number of hydrogen-bond acceptors (Lipinski definition) is 5. The number of carbonyl (C=O) groups is 1. The molecule has 1 aromatic heterocycles. The molecule has 21 heavy (non-hydrogen) atoms. The molecule has 2 aromatic rings. The Hall–Kier alpha value is -2.90. The second-order valence-electron chi connectivity index (χ2n) is 4.64. The molecule has 0 saturated heterocycles. The number of carboxylic acid groups (broad SMARTS) is 1. The maximum atomic E-state index is 11.1. The Bertz CT molecular complexity index is 695. The number of carboxylic acids is 1. The Morgan fingerprint density at radius 1 is 1.52 bits per heavy atom. The van der Waals surface area contributed by atoms with Crippen molar-refractivity contribution in [2.45, 2.75) is 6.54 Å². The Kier molecular flexibility index (Phi) is 3.88. The summed E-state index contributed by atoms with van der Waals surface area (Å²) in [6.45, 7) is 0.387. The zero-order chi connectivity index (χ0) is 15.6. The van der Waals surface area contributed by atoms with Crippen LogP contribution in [0.1, 0.15) is 15.9 Å².